The lowest BCUT2D eigenvalue weighted by Gasteiger charge is -2.11. The highest BCUT2D eigenvalue weighted by molar-refractivity contribution is 6.05. The number of nitrogens with zero attached hydrogens (tertiary/aromatic N) is 1. The summed E-state index contributed by atoms with van der Waals surface area (Å²) < 4.78 is 10.7. The van der Waals surface area contributed by atoms with Gasteiger partial charge in [-0.15, -0.1) is 12.4 Å². The van der Waals surface area contributed by atoms with Crippen LogP contribution in [0.25, 0.3) is 0 Å². The highest BCUT2D eigenvalue weighted by Crippen LogP contribution is 2.22. The summed E-state index contributed by atoms with van der Waals surface area (Å²) in [6, 6.07) is 14.3. The second-order valence-corrected chi connectivity index (χ2v) is 7.47. The summed E-state index contributed by atoms with van der Waals surface area (Å²) in [6.07, 6.45) is 2.05. The summed E-state index contributed by atoms with van der Waals surface area (Å²) in [6.45, 7) is 4.00. The monoisotopic (exact) mass is 441 g/mol. The Morgan fingerprint density at radius 3 is 2.39 bits per heavy atom. The van der Waals surface area contributed by atoms with Gasteiger partial charge in [-0.05, 0) is 68.7 Å². The van der Waals surface area contributed by atoms with Crippen molar-refractivity contribution in [2.24, 2.45) is 0 Å². The molecule has 0 unspecified atom stereocenters. The Morgan fingerprint density at radius 2 is 1.74 bits per heavy atom. The molecule has 1 fully saturated rings. The van der Waals surface area contributed by atoms with Gasteiger partial charge in [-0.2, -0.15) is 0 Å². The van der Waals surface area contributed by atoms with E-state index in [0.717, 1.165) is 24.2 Å². The van der Waals surface area contributed by atoms with Gasteiger partial charge in [0.1, 0.15) is 23.8 Å². The summed E-state index contributed by atoms with van der Waals surface area (Å²) >= 11 is 0. The first-order valence-electron chi connectivity index (χ1n) is 9.86. The Kier molecular flexibility index (Phi) is 6.97. The maximum atomic E-state index is 12.7. The molecule has 0 saturated heterocycles. The van der Waals surface area contributed by atoms with Crippen molar-refractivity contribution in [1.29, 1.82) is 0 Å². The molecule has 0 spiro atoms. The molecule has 8 heteroatoms. The number of anilines is 1. The smallest absolute Gasteiger partial charge is 0.255 e. The van der Waals surface area contributed by atoms with E-state index < -0.39 is 0 Å². The van der Waals surface area contributed by atoms with Crippen molar-refractivity contribution in [1.82, 2.24) is 10.5 Å². The lowest BCUT2D eigenvalue weighted by Crippen LogP contribution is -2.25. The van der Waals surface area contributed by atoms with Crippen LogP contribution in [0.3, 0.4) is 0 Å². The molecule has 4 rings (SSSR count). The van der Waals surface area contributed by atoms with E-state index in [-0.39, 0.29) is 36.9 Å². The van der Waals surface area contributed by atoms with Gasteiger partial charge in [0.2, 0.25) is 0 Å². The van der Waals surface area contributed by atoms with E-state index in [1.54, 1.807) is 36.4 Å². The molecule has 0 radical (unpaired) electrons. The first-order chi connectivity index (χ1) is 14.5. The summed E-state index contributed by atoms with van der Waals surface area (Å²) in [5.41, 5.74) is 3.23. The van der Waals surface area contributed by atoms with Crippen LogP contribution < -0.4 is 15.4 Å². The Hall–Kier alpha value is -3.32. The highest BCUT2D eigenvalue weighted by atomic mass is 35.5. The third-order valence-corrected chi connectivity index (χ3v) is 4.84. The zero-order chi connectivity index (χ0) is 21.1. The summed E-state index contributed by atoms with van der Waals surface area (Å²) in [5.74, 6) is 0.987. The van der Waals surface area contributed by atoms with Crippen LogP contribution in [-0.2, 0) is 6.61 Å². The van der Waals surface area contributed by atoms with Crippen LogP contribution in [0.2, 0.25) is 0 Å². The van der Waals surface area contributed by atoms with Crippen LogP contribution in [0.5, 0.6) is 5.75 Å². The van der Waals surface area contributed by atoms with Crippen LogP contribution in [0.1, 0.15) is 50.6 Å². The van der Waals surface area contributed by atoms with Crippen molar-refractivity contribution in [2.45, 2.75) is 39.3 Å². The van der Waals surface area contributed by atoms with Gasteiger partial charge in [0, 0.05) is 28.9 Å². The van der Waals surface area contributed by atoms with Gasteiger partial charge in [0.05, 0.1) is 0 Å². The molecule has 31 heavy (non-hydrogen) atoms. The number of aromatic nitrogens is 1. The molecule has 0 atom stereocenters. The molecule has 7 nitrogen and oxygen atoms in total. The van der Waals surface area contributed by atoms with Crippen molar-refractivity contribution >= 4 is 29.9 Å². The number of halogens is 1. The molecule has 1 aliphatic rings. The predicted molar refractivity (Wildman–Crippen MR) is 119 cm³/mol. The fourth-order valence-corrected chi connectivity index (χ4v) is 2.93. The fourth-order valence-electron chi connectivity index (χ4n) is 2.93. The molecule has 0 aliphatic heterocycles. The molecule has 0 bridgehead atoms. The van der Waals surface area contributed by atoms with Crippen molar-refractivity contribution in [3.63, 3.8) is 0 Å². The molecule has 162 valence electrons. The van der Waals surface area contributed by atoms with Crippen molar-refractivity contribution in [3.05, 3.63) is 76.7 Å². The van der Waals surface area contributed by atoms with Crippen LogP contribution in [0, 0.1) is 13.8 Å². The molecular formula is C23H24ClN3O4. The predicted octanol–water partition coefficient (Wildman–Crippen LogP) is 4.44. The number of benzene rings is 2. The van der Waals surface area contributed by atoms with Crippen molar-refractivity contribution < 1.29 is 18.8 Å². The van der Waals surface area contributed by atoms with Gasteiger partial charge in [-0.3, -0.25) is 9.59 Å². The number of ether oxygens (including phenoxy) is 1. The first-order valence-corrected chi connectivity index (χ1v) is 9.86. The van der Waals surface area contributed by atoms with Gasteiger partial charge >= 0.3 is 0 Å². The molecule has 1 heterocycles. The minimum Gasteiger partial charge on any atom is -0.487 e. The number of amides is 2. The number of hydrogen-bond acceptors (Lipinski definition) is 5. The Morgan fingerprint density at radius 1 is 1.03 bits per heavy atom. The van der Waals surface area contributed by atoms with E-state index in [1.165, 1.54) is 0 Å². The van der Waals surface area contributed by atoms with Crippen LogP contribution in [0.15, 0.2) is 53.1 Å². The maximum Gasteiger partial charge on any atom is 0.255 e. The second-order valence-electron chi connectivity index (χ2n) is 7.47. The van der Waals surface area contributed by atoms with E-state index in [2.05, 4.69) is 15.8 Å². The minimum atomic E-state index is -0.253. The second kappa shape index (κ2) is 9.66. The van der Waals surface area contributed by atoms with Crippen molar-refractivity contribution in [2.75, 3.05) is 5.32 Å². The van der Waals surface area contributed by atoms with Crippen LogP contribution in [-0.4, -0.2) is 23.0 Å². The fraction of sp³-hybridized carbons (Fsp3) is 0.261. The van der Waals surface area contributed by atoms with E-state index in [1.807, 2.05) is 26.0 Å². The standard InChI is InChI=1S/C23H23N3O4.ClH/c1-14-3-4-17(23(28)24-18-7-8-18)12-21(14)25-22(27)16-5-9-20(10-6-16)29-13-19-11-15(2)30-26-19;/h3-6,9-12,18H,7-8,13H2,1-2H3,(H,24,28)(H,25,27);1H. The lowest BCUT2D eigenvalue weighted by atomic mass is 10.1. The molecule has 1 aliphatic carbocycles. The van der Waals surface area contributed by atoms with E-state index >= 15 is 0 Å². The lowest BCUT2D eigenvalue weighted by molar-refractivity contribution is 0.0949. The number of nitrogens with one attached hydrogen (secondary N) is 2. The topological polar surface area (TPSA) is 93.5 Å². The number of carbonyl (C=O) groups excluding carboxylic acids is 2. The maximum absolute atomic E-state index is 12.7. The average Bonchev–Trinajstić information content (AvgIpc) is 3.46. The summed E-state index contributed by atoms with van der Waals surface area (Å²) in [4.78, 5) is 24.9. The van der Waals surface area contributed by atoms with Gasteiger partial charge in [0.15, 0.2) is 0 Å². The van der Waals surface area contributed by atoms with Gasteiger partial charge < -0.3 is 19.9 Å². The zero-order valence-electron chi connectivity index (χ0n) is 17.3. The Balaban J connectivity index is 0.00000272. The van der Waals surface area contributed by atoms with Crippen molar-refractivity contribution in [3.8, 4) is 5.75 Å². The van der Waals surface area contributed by atoms with E-state index in [9.17, 15) is 9.59 Å². The third kappa shape index (κ3) is 5.86. The van der Waals surface area contributed by atoms with Crippen LogP contribution in [0.4, 0.5) is 5.69 Å². The zero-order valence-corrected chi connectivity index (χ0v) is 18.1. The summed E-state index contributed by atoms with van der Waals surface area (Å²) in [7, 11) is 0. The van der Waals surface area contributed by atoms with E-state index in [0.29, 0.717) is 28.3 Å². The average molecular weight is 442 g/mol. The normalized spacial score (nSPS) is 12.6. The van der Waals surface area contributed by atoms with Gasteiger partial charge in [-0.25, -0.2) is 0 Å². The highest BCUT2D eigenvalue weighted by Gasteiger charge is 2.24. The third-order valence-electron chi connectivity index (χ3n) is 4.84. The number of rotatable bonds is 7. The molecule has 1 saturated carbocycles. The minimum absolute atomic E-state index is 0. The number of aryl methyl sites for hydroxylation is 2. The molecular weight excluding hydrogens is 418 g/mol. The van der Waals surface area contributed by atoms with E-state index in [4.69, 9.17) is 9.26 Å². The molecule has 2 N–H and O–H groups in total. The quantitative estimate of drug-likeness (QED) is 0.565. The first kappa shape index (κ1) is 22.4. The van der Waals surface area contributed by atoms with Gasteiger partial charge in [-0.1, -0.05) is 11.2 Å². The number of hydrogen-bond donors (Lipinski definition) is 2. The molecule has 1 aromatic heterocycles. The number of carbonyl (C=O) groups is 2. The Bertz CT molecular complexity index is 1070. The van der Waals surface area contributed by atoms with Crippen LogP contribution >= 0.6 is 12.4 Å². The molecule has 2 amide bonds. The van der Waals surface area contributed by atoms with Gasteiger partial charge in [0.25, 0.3) is 11.8 Å². The SMILES string of the molecule is Cc1cc(COc2ccc(C(=O)Nc3cc(C(=O)NC4CC4)ccc3C)cc2)no1.Cl. The Labute approximate surface area is 186 Å². The molecule has 2 aromatic carbocycles. The molecule has 3 aromatic rings. The summed E-state index contributed by atoms with van der Waals surface area (Å²) in [5, 5.41) is 9.72. The largest absolute Gasteiger partial charge is 0.487 e.